The lowest BCUT2D eigenvalue weighted by Gasteiger charge is -2.30. The van der Waals surface area contributed by atoms with Crippen molar-refractivity contribution in [3.05, 3.63) is 172 Å². The Morgan fingerprint density at radius 2 is 0.940 bits per heavy atom. The zero-order valence-corrected chi connectivity index (χ0v) is 29.7. The van der Waals surface area contributed by atoms with Crippen LogP contribution >= 0.6 is 0 Å². The van der Waals surface area contributed by atoms with Crippen molar-refractivity contribution in [1.29, 1.82) is 0 Å². The van der Waals surface area contributed by atoms with Crippen LogP contribution in [0.4, 0.5) is 0 Å². The first-order valence-corrected chi connectivity index (χ1v) is 17.4. The van der Waals surface area contributed by atoms with Gasteiger partial charge >= 0.3 is 0 Å². The highest BCUT2D eigenvalue weighted by atomic mass is 16.5. The molecule has 0 radical (unpaired) electrons. The minimum Gasteiger partial charge on any atom is -0.483 e. The summed E-state index contributed by atoms with van der Waals surface area (Å²) in [5, 5.41) is 2.05. The first kappa shape index (κ1) is 34.4. The van der Waals surface area contributed by atoms with Crippen LogP contribution in [0.1, 0.15) is 96.0 Å². The normalized spacial score (nSPS) is 12.7. The van der Waals surface area contributed by atoms with E-state index in [1.807, 2.05) is 128 Å². The number of hydrogen-bond donors (Lipinski definition) is 0. The van der Waals surface area contributed by atoms with E-state index in [0.717, 1.165) is 40.5 Å². The molecule has 0 heterocycles. The SMILES string of the molecule is CCC(C)(C)c1ccc(C(=O)c2ccc(Oc3ccc4ccc(OC(C)(CC)c5ccc(C(=O)c6ccc(C)cc6)cc5)cc4c3)cc2)cc1. The molecule has 0 aliphatic heterocycles. The molecule has 0 fully saturated rings. The summed E-state index contributed by atoms with van der Waals surface area (Å²) < 4.78 is 12.9. The van der Waals surface area contributed by atoms with Gasteiger partial charge in [0.25, 0.3) is 0 Å². The number of hydrogen-bond acceptors (Lipinski definition) is 4. The lowest BCUT2D eigenvalue weighted by molar-refractivity contribution is 0.0827. The van der Waals surface area contributed by atoms with Gasteiger partial charge in [-0.1, -0.05) is 118 Å². The van der Waals surface area contributed by atoms with Gasteiger partial charge in [-0.05, 0) is 103 Å². The van der Waals surface area contributed by atoms with Crippen molar-refractivity contribution in [3.8, 4) is 17.2 Å². The van der Waals surface area contributed by atoms with Crippen LogP contribution in [-0.2, 0) is 11.0 Å². The van der Waals surface area contributed by atoms with Crippen molar-refractivity contribution >= 4 is 22.3 Å². The van der Waals surface area contributed by atoms with Crippen molar-refractivity contribution in [2.75, 3.05) is 0 Å². The molecule has 6 rings (SSSR count). The third-order valence-electron chi connectivity index (χ3n) is 10.0. The van der Waals surface area contributed by atoms with Crippen LogP contribution < -0.4 is 9.47 Å². The Hall–Kier alpha value is -5.48. The molecule has 6 aromatic rings. The van der Waals surface area contributed by atoms with Crippen molar-refractivity contribution in [3.63, 3.8) is 0 Å². The maximum absolute atomic E-state index is 13.2. The Morgan fingerprint density at radius 3 is 1.46 bits per heavy atom. The number of ether oxygens (including phenoxy) is 2. The van der Waals surface area contributed by atoms with E-state index in [-0.39, 0.29) is 17.0 Å². The summed E-state index contributed by atoms with van der Waals surface area (Å²) in [5.74, 6) is 2.07. The molecule has 0 saturated carbocycles. The molecule has 1 unspecified atom stereocenters. The van der Waals surface area contributed by atoms with Crippen LogP contribution in [-0.4, -0.2) is 11.6 Å². The zero-order valence-electron chi connectivity index (χ0n) is 29.7. The summed E-state index contributed by atoms with van der Waals surface area (Å²) in [4.78, 5) is 26.2. The summed E-state index contributed by atoms with van der Waals surface area (Å²) in [6, 6.07) is 42.6. The van der Waals surface area contributed by atoms with Gasteiger partial charge in [0, 0.05) is 22.3 Å². The van der Waals surface area contributed by atoms with Crippen LogP contribution in [0.25, 0.3) is 10.8 Å². The number of carbonyl (C=O) groups is 2. The second-order valence-electron chi connectivity index (χ2n) is 13.9. The fraction of sp³-hybridized carbons (Fsp3) is 0.217. The second-order valence-corrected chi connectivity index (χ2v) is 13.9. The molecule has 252 valence electrons. The van der Waals surface area contributed by atoms with E-state index in [9.17, 15) is 9.59 Å². The topological polar surface area (TPSA) is 52.6 Å². The first-order valence-electron chi connectivity index (χ1n) is 17.4. The third kappa shape index (κ3) is 7.40. The second kappa shape index (κ2) is 14.2. The molecule has 0 spiro atoms. The molecule has 0 bridgehead atoms. The molecule has 4 heteroatoms. The monoisotopic (exact) mass is 660 g/mol. The Morgan fingerprint density at radius 1 is 0.500 bits per heavy atom. The van der Waals surface area contributed by atoms with Gasteiger partial charge in [0.2, 0.25) is 0 Å². The largest absolute Gasteiger partial charge is 0.483 e. The Balaban J connectivity index is 1.14. The van der Waals surface area contributed by atoms with E-state index in [4.69, 9.17) is 9.47 Å². The Labute approximate surface area is 295 Å². The van der Waals surface area contributed by atoms with E-state index < -0.39 is 5.60 Å². The summed E-state index contributed by atoms with van der Waals surface area (Å²) in [7, 11) is 0. The molecule has 0 amide bonds. The fourth-order valence-electron chi connectivity index (χ4n) is 6.02. The van der Waals surface area contributed by atoms with E-state index in [0.29, 0.717) is 33.8 Å². The molecular formula is C46H44O4. The highest BCUT2D eigenvalue weighted by Crippen LogP contribution is 2.35. The van der Waals surface area contributed by atoms with Gasteiger partial charge in [-0.25, -0.2) is 0 Å². The molecule has 1 atom stereocenters. The standard InChI is InChI=1S/C46H44O4/c1-7-45(4,5)38-21-13-34(14-22-38)44(48)36-19-25-40(26-20-36)49-41-27-17-32-18-28-42(30-37(32)29-41)50-46(6,8-2)39-23-15-35(16-24-39)43(47)33-11-9-31(3)10-12-33/h9-30H,7-8H2,1-6H3. The van der Waals surface area contributed by atoms with Gasteiger partial charge in [-0.3, -0.25) is 9.59 Å². The van der Waals surface area contributed by atoms with E-state index in [1.165, 1.54) is 5.56 Å². The van der Waals surface area contributed by atoms with Gasteiger partial charge in [-0.2, -0.15) is 0 Å². The van der Waals surface area contributed by atoms with Crippen LogP contribution in [0.5, 0.6) is 17.2 Å². The molecule has 4 nitrogen and oxygen atoms in total. The number of aryl methyl sites for hydroxylation is 1. The molecule has 0 N–H and O–H groups in total. The van der Waals surface area contributed by atoms with Crippen LogP contribution in [0.3, 0.4) is 0 Å². The smallest absolute Gasteiger partial charge is 0.193 e. The number of fused-ring (bicyclic) bond motifs is 1. The van der Waals surface area contributed by atoms with Crippen LogP contribution in [0, 0.1) is 6.92 Å². The van der Waals surface area contributed by atoms with Crippen molar-refractivity contribution in [1.82, 2.24) is 0 Å². The van der Waals surface area contributed by atoms with Crippen LogP contribution in [0.15, 0.2) is 133 Å². The highest BCUT2D eigenvalue weighted by Gasteiger charge is 2.27. The minimum absolute atomic E-state index is 0.00456. The molecule has 50 heavy (non-hydrogen) atoms. The highest BCUT2D eigenvalue weighted by molar-refractivity contribution is 6.09. The number of ketones is 2. The third-order valence-corrected chi connectivity index (χ3v) is 10.0. The predicted molar refractivity (Wildman–Crippen MR) is 203 cm³/mol. The fourth-order valence-corrected chi connectivity index (χ4v) is 6.02. The zero-order chi connectivity index (χ0) is 35.5. The molecule has 6 aromatic carbocycles. The molecule has 0 saturated heterocycles. The number of carbonyl (C=O) groups excluding carboxylic acids is 2. The Kier molecular flexibility index (Phi) is 9.74. The summed E-state index contributed by atoms with van der Waals surface area (Å²) in [6.07, 6.45) is 1.77. The van der Waals surface area contributed by atoms with Crippen molar-refractivity contribution in [2.24, 2.45) is 0 Å². The van der Waals surface area contributed by atoms with Crippen LogP contribution in [0.2, 0.25) is 0 Å². The predicted octanol–water partition coefficient (Wildman–Crippen LogP) is 11.8. The van der Waals surface area contributed by atoms with E-state index in [2.05, 4.69) is 46.8 Å². The quantitative estimate of drug-likeness (QED) is 0.123. The average molecular weight is 661 g/mol. The van der Waals surface area contributed by atoms with Gasteiger partial charge in [0.05, 0.1) is 0 Å². The van der Waals surface area contributed by atoms with Crippen molar-refractivity contribution in [2.45, 2.75) is 65.4 Å². The van der Waals surface area contributed by atoms with Gasteiger partial charge in [0.15, 0.2) is 11.6 Å². The minimum atomic E-state index is -0.597. The Bertz CT molecular complexity index is 2120. The molecule has 0 aliphatic carbocycles. The maximum Gasteiger partial charge on any atom is 0.193 e. The van der Waals surface area contributed by atoms with Crippen molar-refractivity contribution < 1.29 is 19.1 Å². The molecular weight excluding hydrogens is 617 g/mol. The lowest BCUT2D eigenvalue weighted by atomic mass is 9.82. The summed E-state index contributed by atoms with van der Waals surface area (Å²) >= 11 is 0. The first-order chi connectivity index (χ1) is 24.0. The maximum atomic E-state index is 13.2. The van der Waals surface area contributed by atoms with E-state index >= 15 is 0 Å². The summed E-state index contributed by atoms with van der Waals surface area (Å²) in [5.41, 5.74) is 5.45. The van der Waals surface area contributed by atoms with Gasteiger partial charge < -0.3 is 9.47 Å². The van der Waals surface area contributed by atoms with Gasteiger partial charge in [0.1, 0.15) is 22.8 Å². The molecule has 0 aromatic heterocycles. The average Bonchev–Trinajstić information content (AvgIpc) is 3.15. The number of benzene rings is 6. The number of rotatable bonds is 12. The summed E-state index contributed by atoms with van der Waals surface area (Å²) in [6.45, 7) is 12.8. The lowest BCUT2D eigenvalue weighted by Crippen LogP contribution is -2.28. The van der Waals surface area contributed by atoms with Gasteiger partial charge in [-0.15, -0.1) is 0 Å². The molecule has 0 aliphatic rings. The van der Waals surface area contributed by atoms with E-state index in [1.54, 1.807) is 0 Å².